The minimum atomic E-state index is -0.538. The first-order chi connectivity index (χ1) is 10.3. The Morgan fingerprint density at radius 1 is 1.32 bits per heavy atom. The van der Waals surface area contributed by atoms with Crippen LogP contribution in [0, 0.1) is 29.1 Å². The summed E-state index contributed by atoms with van der Waals surface area (Å²) < 4.78 is 0. The summed E-state index contributed by atoms with van der Waals surface area (Å²) in [6, 6.07) is 0. The van der Waals surface area contributed by atoms with Gasteiger partial charge in [-0.25, -0.2) is 0 Å². The molecular weight excluding hydrogens is 272 g/mol. The van der Waals surface area contributed by atoms with Crippen LogP contribution in [0.5, 0.6) is 0 Å². The summed E-state index contributed by atoms with van der Waals surface area (Å²) in [5.41, 5.74) is 2.02. The summed E-state index contributed by atoms with van der Waals surface area (Å²) in [4.78, 5) is 0. The highest BCUT2D eigenvalue weighted by Gasteiger charge is 2.68. The second-order valence-corrected chi connectivity index (χ2v) is 8.25. The molecular formula is C20H30O2. The standard InChI is InChI=1S/C20H30O2/c1-13(12-21)6-5-10-19(3)16-8-7-14(2)15-9-11-20(4,22)17(15)18(16)19/h5-6,10,15-18,21-22H,2,7-9,11-12H2,1,3-4H3/t15-,16+,17-,18+,19-,20-/m0/s1. The third-order valence-corrected chi connectivity index (χ3v) is 6.73. The summed E-state index contributed by atoms with van der Waals surface area (Å²) >= 11 is 0. The first-order valence-electron chi connectivity index (χ1n) is 8.67. The van der Waals surface area contributed by atoms with Crippen molar-refractivity contribution < 1.29 is 10.2 Å². The van der Waals surface area contributed by atoms with Gasteiger partial charge in [-0.15, -0.1) is 0 Å². The van der Waals surface area contributed by atoms with Crippen LogP contribution < -0.4 is 0 Å². The van der Waals surface area contributed by atoms with Crippen LogP contribution in [0.25, 0.3) is 0 Å². The minimum Gasteiger partial charge on any atom is -0.392 e. The van der Waals surface area contributed by atoms with E-state index in [1.807, 2.05) is 19.9 Å². The molecule has 3 aliphatic carbocycles. The fraction of sp³-hybridized carbons (Fsp3) is 0.700. The van der Waals surface area contributed by atoms with Gasteiger partial charge in [0, 0.05) is 0 Å². The average Bonchev–Trinajstić information content (AvgIpc) is 2.95. The van der Waals surface area contributed by atoms with Crippen LogP contribution in [0.4, 0.5) is 0 Å². The van der Waals surface area contributed by atoms with Crippen LogP contribution in [-0.2, 0) is 0 Å². The molecule has 6 atom stereocenters. The predicted octanol–water partition coefficient (Wildman–Crippen LogP) is 3.86. The van der Waals surface area contributed by atoms with Crippen LogP contribution in [-0.4, -0.2) is 22.4 Å². The molecule has 0 aromatic rings. The van der Waals surface area contributed by atoms with Gasteiger partial charge in [0.25, 0.3) is 0 Å². The van der Waals surface area contributed by atoms with Crippen LogP contribution in [0.2, 0.25) is 0 Å². The second kappa shape index (κ2) is 5.35. The Balaban J connectivity index is 1.85. The maximum atomic E-state index is 10.9. The number of hydrogen-bond acceptors (Lipinski definition) is 2. The van der Waals surface area contributed by atoms with E-state index < -0.39 is 5.60 Å². The monoisotopic (exact) mass is 302 g/mol. The highest BCUT2D eigenvalue weighted by Crippen LogP contribution is 2.72. The van der Waals surface area contributed by atoms with Crippen LogP contribution >= 0.6 is 0 Å². The summed E-state index contributed by atoms with van der Waals surface area (Å²) in [6.45, 7) is 10.8. The quantitative estimate of drug-likeness (QED) is 0.614. The van der Waals surface area contributed by atoms with Crippen molar-refractivity contribution in [3.63, 3.8) is 0 Å². The lowest BCUT2D eigenvalue weighted by Crippen LogP contribution is -2.35. The molecule has 3 fully saturated rings. The van der Waals surface area contributed by atoms with Crippen LogP contribution in [0.15, 0.2) is 36.0 Å². The number of aliphatic hydroxyl groups is 2. The fourth-order valence-corrected chi connectivity index (χ4v) is 5.34. The second-order valence-electron chi connectivity index (χ2n) is 8.25. The lowest BCUT2D eigenvalue weighted by atomic mass is 9.77. The number of allylic oxidation sites excluding steroid dienone is 4. The van der Waals surface area contributed by atoms with E-state index in [1.54, 1.807) is 0 Å². The molecule has 3 aliphatic rings. The summed E-state index contributed by atoms with van der Waals surface area (Å²) in [5.74, 6) is 2.12. The van der Waals surface area contributed by atoms with Gasteiger partial charge < -0.3 is 10.2 Å². The molecule has 2 nitrogen and oxygen atoms in total. The molecule has 2 N–H and O–H groups in total. The van der Waals surface area contributed by atoms with Crippen molar-refractivity contribution in [1.82, 2.24) is 0 Å². The van der Waals surface area contributed by atoms with E-state index in [-0.39, 0.29) is 12.0 Å². The van der Waals surface area contributed by atoms with E-state index in [4.69, 9.17) is 5.11 Å². The number of hydrogen-bond donors (Lipinski definition) is 2. The molecule has 3 saturated carbocycles. The smallest absolute Gasteiger partial charge is 0.0656 e. The van der Waals surface area contributed by atoms with Gasteiger partial charge in [-0.3, -0.25) is 0 Å². The van der Waals surface area contributed by atoms with E-state index >= 15 is 0 Å². The first kappa shape index (κ1) is 16.0. The SMILES string of the molecule is C=C1CC[C@@H]2[C@H]([C@@H]3[C@H]1CC[C@]3(C)O)[C@@]2(C)C=CC=C(C)CO. The molecule has 0 bridgehead atoms. The molecule has 0 amide bonds. The maximum absolute atomic E-state index is 10.9. The van der Waals surface area contributed by atoms with Gasteiger partial charge in [0.15, 0.2) is 0 Å². The van der Waals surface area contributed by atoms with Gasteiger partial charge in [0.1, 0.15) is 0 Å². The van der Waals surface area contributed by atoms with Crippen molar-refractivity contribution in [3.8, 4) is 0 Å². The van der Waals surface area contributed by atoms with Gasteiger partial charge in [-0.05, 0) is 74.2 Å². The first-order valence-corrected chi connectivity index (χ1v) is 8.67. The Morgan fingerprint density at radius 2 is 2.05 bits per heavy atom. The Bertz CT molecular complexity index is 528. The van der Waals surface area contributed by atoms with Gasteiger partial charge in [0.2, 0.25) is 0 Å². The Hall–Kier alpha value is -0.860. The molecule has 0 heterocycles. The lowest BCUT2D eigenvalue weighted by molar-refractivity contribution is -0.000466. The zero-order valence-corrected chi connectivity index (χ0v) is 14.2. The Labute approximate surface area is 134 Å². The van der Waals surface area contributed by atoms with E-state index in [0.29, 0.717) is 23.7 Å². The zero-order chi connectivity index (χ0) is 16.1. The molecule has 0 aliphatic heterocycles. The largest absolute Gasteiger partial charge is 0.392 e. The van der Waals surface area contributed by atoms with Crippen molar-refractivity contribution in [1.29, 1.82) is 0 Å². The summed E-state index contributed by atoms with van der Waals surface area (Å²) in [7, 11) is 0. The number of rotatable bonds is 3. The predicted molar refractivity (Wildman–Crippen MR) is 90.3 cm³/mol. The third-order valence-electron chi connectivity index (χ3n) is 6.73. The molecule has 3 rings (SSSR count). The summed E-state index contributed by atoms with van der Waals surface area (Å²) in [6.07, 6.45) is 10.8. The molecule has 22 heavy (non-hydrogen) atoms. The van der Waals surface area contributed by atoms with Crippen molar-refractivity contribution in [2.75, 3.05) is 6.61 Å². The average molecular weight is 302 g/mol. The molecule has 0 aromatic carbocycles. The number of fused-ring (bicyclic) bond motifs is 3. The lowest BCUT2D eigenvalue weighted by Gasteiger charge is -2.31. The van der Waals surface area contributed by atoms with E-state index in [0.717, 1.165) is 24.8 Å². The van der Waals surface area contributed by atoms with Crippen molar-refractivity contribution in [2.24, 2.45) is 29.1 Å². The normalized spacial score (nSPS) is 48.2. The van der Waals surface area contributed by atoms with Crippen molar-refractivity contribution in [3.05, 3.63) is 36.0 Å². The Morgan fingerprint density at radius 3 is 2.73 bits per heavy atom. The van der Waals surface area contributed by atoms with Gasteiger partial charge in [-0.1, -0.05) is 37.3 Å². The maximum Gasteiger partial charge on any atom is 0.0656 e. The number of aliphatic hydroxyl groups excluding tert-OH is 1. The van der Waals surface area contributed by atoms with E-state index in [1.165, 1.54) is 12.0 Å². The molecule has 0 aromatic heterocycles. The molecule has 0 radical (unpaired) electrons. The zero-order valence-electron chi connectivity index (χ0n) is 14.2. The molecule has 2 heteroatoms. The van der Waals surface area contributed by atoms with Gasteiger partial charge >= 0.3 is 0 Å². The molecule has 0 unspecified atom stereocenters. The van der Waals surface area contributed by atoms with Crippen LogP contribution in [0.1, 0.15) is 46.5 Å². The van der Waals surface area contributed by atoms with Gasteiger partial charge in [0.05, 0.1) is 12.2 Å². The van der Waals surface area contributed by atoms with E-state index in [9.17, 15) is 5.11 Å². The highest BCUT2D eigenvalue weighted by atomic mass is 16.3. The minimum absolute atomic E-state index is 0.118. The van der Waals surface area contributed by atoms with Gasteiger partial charge in [-0.2, -0.15) is 0 Å². The third kappa shape index (κ3) is 2.41. The molecule has 0 spiro atoms. The van der Waals surface area contributed by atoms with Crippen molar-refractivity contribution in [2.45, 2.75) is 52.1 Å². The van der Waals surface area contributed by atoms with Crippen LogP contribution in [0.3, 0.4) is 0 Å². The summed E-state index contributed by atoms with van der Waals surface area (Å²) in [5, 5.41) is 20.0. The topological polar surface area (TPSA) is 40.5 Å². The Kier molecular flexibility index (Phi) is 3.89. The molecule has 122 valence electrons. The molecule has 0 saturated heterocycles. The fourth-order valence-electron chi connectivity index (χ4n) is 5.34. The van der Waals surface area contributed by atoms with E-state index in [2.05, 4.69) is 25.7 Å². The van der Waals surface area contributed by atoms with Crippen molar-refractivity contribution >= 4 is 0 Å². The highest BCUT2D eigenvalue weighted by molar-refractivity contribution is 5.29.